The maximum absolute atomic E-state index is 15.0. The number of anilines is 1. The first-order valence-electron chi connectivity index (χ1n) is 16.7. The summed E-state index contributed by atoms with van der Waals surface area (Å²) in [6.45, 7) is 4.68. The number of nitrogens with zero attached hydrogens (tertiary/aromatic N) is 3. The number of hydrogen-bond donors (Lipinski definition) is 1. The van der Waals surface area contributed by atoms with E-state index in [1.165, 1.54) is 0 Å². The fraction of sp³-hybridized carbons (Fsp3) is 0.486. The van der Waals surface area contributed by atoms with E-state index in [0.29, 0.717) is 31.1 Å². The Morgan fingerprint density at radius 2 is 1.61 bits per heavy atom. The van der Waals surface area contributed by atoms with Gasteiger partial charge in [-0.2, -0.15) is 0 Å². The van der Waals surface area contributed by atoms with Gasteiger partial charge in [-0.05, 0) is 56.5 Å². The molecule has 9 nitrogen and oxygen atoms in total. The molecular weight excluding hydrogens is 582 g/mol. The number of fused-ring (bicyclic) bond motifs is 2. The lowest BCUT2D eigenvalue weighted by Crippen LogP contribution is -2.58. The fourth-order valence-electron chi connectivity index (χ4n) is 8.69. The largest absolute Gasteiger partial charge is 0.494 e. The number of aliphatic hydroxyl groups excluding tert-OH is 1. The molecule has 1 saturated carbocycles. The Kier molecular flexibility index (Phi) is 8.01. The number of amides is 3. The lowest BCUT2D eigenvalue weighted by molar-refractivity contribution is -0.156. The van der Waals surface area contributed by atoms with E-state index in [-0.39, 0.29) is 30.4 Å². The summed E-state index contributed by atoms with van der Waals surface area (Å²) in [5.74, 6) is -1.91. The van der Waals surface area contributed by atoms with Crippen LogP contribution in [0.3, 0.4) is 0 Å². The monoisotopic (exact) mass is 625 g/mol. The predicted octanol–water partition coefficient (Wildman–Crippen LogP) is 4.42. The van der Waals surface area contributed by atoms with Gasteiger partial charge < -0.3 is 29.3 Å². The van der Waals surface area contributed by atoms with E-state index in [2.05, 4.69) is 0 Å². The van der Waals surface area contributed by atoms with E-state index in [4.69, 9.17) is 9.47 Å². The van der Waals surface area contributed by atoms with Gasteiger partial charge in [-0.15, -0.1) is 0 Å². The van der Waals surface area contributed by atoms with Crippen LogP contribution in [0.1, 0.15) is 57.6 Å². The van der Waals surface area contributed by atoms with Crippen molar-refractivity contribution in [3.05, 3.63) is 84.5 Å². The van der Waals surface area contributed by atoms with Crippen molar-refractivity contribution in [1.82, 2.24) is 9.80 Å². The second kappa shape index (κ2) is 12.0. The number of carbonyl (C=O) groups excluding carboxylic acids is 3. The molecule has 3 amide bonds. The Labute approximate surface area is 270 Å². The maximum Gasteiger partial charge on any atom is 0.249 e. The molecule has 4 heterocycles. The molecule has 4 aliphatic heterocycles. The van der Waals surface area contributed by atoms with E-state index < -0.39 is 35.1 Å². The number of aliphatic hydroxyl groups is 1. The standard InChI is InChI=1S/C37H43N3O6/c1-3-45-28-18-16-27(17-19-28)38-22-10-20-36(2)30(33(38)42)31-34(43)40(29(24-41)25-12-6-4-7-13-25)32-35(44)39(26-14-8-5-9-15-26)23-11-21-37(31,32)46-36/h4,6-7,10-13,16-21,26,29-32,41H,3,5,8-9,14-15,22-24H2,1-2H3/t29-,30-,31+,32?,36+,37+/m1/s1. The average molecular weight is 626 g/mol. The molecule has 2 aromatic rings. The third kappa shape index (κ3) is 4.78. The zero-order valence-corrected chi connectivity index (χ0v) is 26.6. The zero-order valence-electron chi connectivity index (χ0n) is 26.6. The van der Waals surface area contributed by atoms with Crippen molar-refractivity contribution in [2.24, 2.45) is 11.8 Å². The summed E-state index contributed by atoms with van der Waals surface area (Å²) in [6.07, 6.45) is 12.8. The summed E-state index contributed by atoms with van der Waals surface area (Å²) in [5, 5.41) is 10.8. The quantitative estimate of drug-likeness (QED) is 0.458. The van der Waals surface area contributed by atoms with Gasteiger partial charge in [0.05, 0.1) is 36.7 Å². The Balaban J connectivity index is 1.34. The van der Waals surface area contributed by atoms with Crippen molar-refractivity contribution >= 4 is 23.4 Å². The summed E-state index contributed by atoms with van der Waals surface area (Å²) >= 11 is 0. The van der Waals surface area contributed by atoms with Crippen molar-refractivity contribution in [3.8, 4) is 5.75 Å². The number of likely N-dealkylation sites (tertiary alicyclic amines) is 1. The number of hydrogen-bond acceptors (Lipinski definition) is 6. The van der Waals surface area contributed by atoms with Crippen LogP contribution < -0.4 is 9.64 Å². The van der Waals surface area contributed by atoms with Gasteiger partial charge in [-0.3, -0.25) is 14.4 Å². The molecular formula is C37H43N3O6. The van der Waals surface area contributed by atoms with E-state index in [9.17, 15) is 19.5 Å². The van der Waals surface area contributed by atoms with Gasteiger partial charge in [-0.1, -0.05) is 73.9 Å². The molecule has 2 aromatic carbocycles. The Morgan fingerprint density at radius 1 is 0.891 bits per heavy atom. The smallest absolute Gasteiger partial charge is 0.249 e. The van der Waals surface area contributed by atoms with Crippen LogP contribution in [-0.2, 0) is 19.1 Å². The first kappa shape index (κ1) is 30.7. The van der Waals surface area contributed by atoms with Gasteiger partial charge >= 0.3 is 0 Å². The first-order valence-corrected chi connectivity index (χ1v) is 16.7. The van der Waals surface area contributed by atoms with Crippen LogP contribution in [0.15, 0.2) is 78.9 Å². The minimum Gasteiger partial charge on any atom is -0.494 e. The summed E-state index contributed by atoms with van der Waals surface area (Å²) in [6, 6.07) is 15.0. The van der Waals surface area contributed by atoms with Gasteiger partial charge in [0, 0.05) is 24.8 Å². The Hall–Kier alpha value is -3.95. The van der Waals surface area contributed by atoms with Gasteiger partial charge in [0.15, 0.2) is 0 Å². The first-order chi connectivity index (χ1) is 22.3. The lowest BCUT2D eigenvalue weighted by atomic mass is 9.74. The second-order valence-electron chi connectivity index (χ2n) is 13.3. The highest BCUT2D eigenvalue weighted by molar-refractivity contribution is 6.04. The Bertz CT molecular complexity index is 1540. The molecule has 3 fully saturated rings. The molecule has 2 saturated heterocycles. The number of ether oxygens (including phenoxy) is 2. The average Bonchev–Trinajstić information content (AvgIpc) is 3.34. The molecule has 1 aliphatic carbocycles. The molecule has 5 aliphatic rings. The van der Waals surface area contributed by atoms with Crippen molar-refractivity contribution in [3.63, 3.8) is 0 Å². The van der Waals surface area contributed by atoms with Gasteiger partial charge in [0.1, 0.15) is 17.4 Å². The third-order valence-electron chi connectivity index (χ3n) is 10.7. The predicted molar refractivity (Wildman–Crippen MR) is 173 cm³/mol. The van der Waals surface area contributed by atoms with E-state index in [1.807, 2.05) is 97.6 Å². The van der Waals surface area contributed by atoms with Crippen molar-refractivity contribution in [2.75, 3.05) is 31.2 Å². The third-order valence-corrected chi connectivity index (χ3v) is 10.7. The van der Waals surface area contributed by atoms with E-state index in [1.54, 1.807) is 9.80 Å². The minimum absolute atomic E-state index is 0.0699. The highest BCUT2D eigenvalue weighted by Crippen LogP contribution is 2.59. The van der Waals surface area contributed by atoms with E-state index >= 15 is 0 Å². The molecule has 1 N–H and O–H groups in total. The van der Waals surface area contributed by atoms with E-state index in [0.717, 1.165) is 37.7 Å². The van der Waals surface area contributed by atoms with Crippen LogP contribution in [-0.4, -0.2) is 82.2 Å². The SMILES string of the molecule is CCOc1ccc(N2CC=C[C@]3(C)O[C@]45C=CCN(C6CCCCC6)C(=O)C4N([C@H](CO)c4ccccc4)C(=O)[C@@H]5[C@@H]3C2=O)cc1. The summed E-state index contributed by atoms with van der Waals surface area (Å²) < 4.78 is 12.7. The van der Waals surface area contributed by atoms with Gasteiger partial charge in [0.2, 0.25) is 17.7 Å². The van der Waals surface area contributed by atoms with Crippen LogP contribution in [0.25, 0.3) is 0 Å². The molecule has 0 aromatic heterocycles. The van der Waals surface area contributed by atoms with Crippen LogP contribution in [0, 0.1) is 11.8 Å². The maximum atomic E-state index is 15.0. The van der Waals surface area contributed by atoms with Crippen LogP contribution in [0.2, 0.25) is 0 Å². The van der Waals surface area contributed by atoms with Crippen molar-refractivity contribution in [2.45, 2.75) is 75.3 Å². The summed E-state index contributed by atoms with van der Waals surface area (Å²) in [5.41, 5.74) is -1.10. The summed E-state index contributed by atoms with van der Waals surface area (Å²) in [4.78, 5) is 49.8. The van der Waals surface area contributed by atoms with Crippen LogP contribution >= 0.6 is 0 Å². The fourth-order valence-corrected chi connectivity index (χ4v) is 8.69. The van der Waals surface area contributed by atoms with Crippen molar-refractivity contribution < 1.29 is 29.0 Å². The molecule has 7 rings (SSSR count). The molecule has 0 radical (unpaired) electrons. The normalized spacial score (nSPS) is 31.8. The lowest BCUT2D eigenvalue weighted by Gasteiger charge is -2.42. The topological polar surface area (TPSA) is 99.6 Å². The van der Waals surface area contributed by atoms with Crippen LogP contribution in [0.5, 0.6) is 5.75 Å². The molecule has 1 spiro atoms. The second-order valence-corrected chi connectivity index (χ2v) is 13.3. The number of benzene rings is 2. The number of carbonyl (C=O) groups is 3. The number of rotatable bonds is 7. The van der Waals surface area contributed by atoms with Gasteiger partial charge in [-0.25, -0.2) is 0 Å². The molecule has 1 unspecified atom stereocenters. The molecule has 9 heteroatoms. The molecule has 242 valence electrons. The molecule has 0 bridgehead atoms. The zero-order chi connectivity index (χ0) is 32.1. The van der Waals surface area contributed by atoms with Crippen LogP contribution in [0.4, 0.5) is 5.69 Å². The van der Waals surface area contributed by atoms with Gasteiger partial charge in [0.25, 0.3) is 0 Å². The highest BCUT2D eigenvalue weighted by Gasteiger charge is 2.75. The van der Waals surface area contributed by atoms with Crippen molar-refractivity contribution in [1.29, 1.82) is 0 Å². The molecule has 46 heavy (non-hydrogen) atoms. The summed E-state index contributed by atoms with van der Waals surface area (Å²) in [7, 11) is 0. The Morgan fingerprint density at radius 3 is 2.30 bits per heavy atom. The highest BCUT2D eigenvalue weighted by atomic mass is 16.5. The minimum atomic E-state index is -1.39. The molecule has 6 atom stereocenters.